The minimum Gasteiger partial charge on any atom is -0.331 e. The second-order valence-corrected chi connectivity index (χ2v) is 5.97. The highest BCUT2D eigenvalue weighted by atomic mass is 79.9. The highest BCUT2D eigenvalue weighted by Gasteiger charge is 2.05. The zero-order valence-corrected chi connectivity index (χ0v) is 12.9. The lowest BCUT2D eigenvalue weighted by Crippen LogP contribution is -1.99. The molecule has 0 saturated heterocycles. The van der Waals surface area contributed by atoms with Gasteiger partial charge in [0.2, 0.25) is 0 Å². The van der Waals surface area contributed by atoms with E-state index in [0.29, 0.717) is 0 Å². The first-order valence-electron chi connectivity index (χ1n) is 6.07. The van der Waals surface area contributed by atoms with Crippen molar-refractivity contribution in [2.45, 2.75) is 13.5 Å². The van der Waals surface area contributed by atoms with Crippen molar-refractivity contribution in [2.24, 2.45) is 0 Å². The Bertz CT molecular complexity index is 784. The van der Waals surface area contributed by atoms with Gasteiger partial charge in [-0.3, -0.25) is 0 Å². The van der Waals surface area contributed by atoms with E-state index >= 15 is 0 Å². The second kappa shape index (κ2) is 4.94. The summed E-state index contributed by atoms with van der Waals surface area (Å²) >= 11 is 8.89. The Balaban J connectivity index is 2.07. The van der Waals surface area contributed by atoms with Crippen molar-refractivity contribution in [2.75, 3.05) is 0 Å². The van der Waals surface area contributed by atoms with Crippen LogP contribution in [0.3, 0.4) is 0 Å². The molecular weight excluding hydrogens is 320 g/mol. The van der Waals surface area contributed by atoms with Gasteiger partial charge in [0.05, 0.1) is 17.6 Å². The van der Waals surface area contributed by atoms with E-state index in [-0.39, 0.29) is 0 Å². The van der Waals surface area contributed by atoms with Crippen LogP contribution in [0.1, 0.15) is 11.1 Å². The van der Waals surface area contributed by atoms with E-state index in [9.17, 15) is 0 Å². The van der Waals surface area contributed by atoms with Crippen LogP contribution in [-0.4, -0.2) is 9.55 Å². The minimum atomic E-state index is 0.758. The molecule has 0 radical (unpaired) electrons. The number of halogens is 1. The topological polar surface area (TPSA) is 20.7 Å². The highest BCUT2D eigenvalue weighted by molar-refractivity contribution is 9.10. The molecule has 1 N–H and O–H groups in total. The summed E-state index contributed by atoms with van der Waals surface area (Å²) in [5, 5.41) is 0. The molecule has 2 nitrogen and oxygen atoms in total. The molecule has 0 aliphatic heterocycles. The van der Waals surface area contributed by atoms with Gasteiger partial charge in [-0.2, -0.15) is 0 Å². The second-order valence-electron chi connectivity index (χ2n) is 4.66. The SMILES string of the molecule is Cc1ccc(Cn2c(=S)[nH]c3cc(Br)ccc32)cc1. The molecule has 0 aliphatic carbocycles. The first kappa shape index (κ1) is 12.6. The van der Waals surface area contributed by atoms with Gasteiger partial charge in [-0.05, 0) is 42.9 Å². The van der Waals surface area contributed by atoms with Crippen molar-refractivity contribution in [3.8, 4) is 0 Å². The van der Waals surface area contributed by atoms with Gasteiger partial charge in [0.1, 0.15) is 0 Å². The largest absolute Gasteiger partial charge is 0.331 e. The third-order valence-corrected chi connectivity index (χ3v) is 4.01. The molecule has 1 heterocycles. The van der Waals surface area contributed by atoms with Crippen LogP contribution < -0.4 is 0 Å². The molecule has 0 atom stereocenters. The van der Waals surface area contributed by atoms with Gasteiger partial charge in [-0.1, -0.05) is 45.8 Å². The fourth-order valence-corrected chi connectivity index (χ4v) is 2.80. The van der Waals surface area contributed by atoms with Gasteiger partial charge in [0.15, 0.2) is 4.77 Å². The van der Waals surface area contributed by atoms with Gasteiger partial charge in [0, 0.05) is 4.47 Å². The average molecular weight is 333 g/mol. The summed E-state index contributed by atoms with van der Waals surface area (Å²) in [6.07, 6.45) is 0. The van der Waals surface area contributed by atoms with E-state index in [1.54, 1.807) is 0 Å². The molecule has 0 fully saturated rings. The molecule has 0 spiro atoms. The van der Waals surface area contributed by atoms with E-state index in [1.165, 1.54) is 11.1 Å². The Morgan fingerprint density at radius 2 is 1.89 bits per heavy atom. The Morgan fingerprint density at radius 1 is 1.16 bits per heavy atom. The number of aryl methyl sites for hydroxylation is 1. The third kappa shape index (κ3) is 2.51. The molecule has 0 aliphatic rings. The number of nitrogens with one attached hydrogen (secondary N) is 1. The van der Waals surface area contributed by atoms with Crippen LogP contribution in [0.4, 0.5) is 0 Å². The average Bonchev–Trinajstić information content (AvgIpc) is 2.68. The highest BCUT2D eigenvalue weighted by Crippen LogP contribution is 2.20. The van der Waals surface area contributed by atoms with Crippen molar-refractivity contribution in [3.63, 3.8) is 0 Å². The number of hydrogen-bond acceptors (Lipinski definition) is 1. The number of H-pyrrole nitrogens is 1. The third-order valence-electron chi connectivity index (χ3n) is 3.20. The van der Waals surface area contributed by atoms with Crippen molar-refractivity contribution in [3.05, 3.63) is 62.8 Å². The van der Waals surface area contributed by atoms with E-state index < -0.39 is 0 Å². The number of hydrogen-bond donors (Lipinski definition) is 1. The van der Waals surface area contributed by atoms with Gasteiger partial charge < -0.3 is 9.55 Å². The van der Waals surface area contributed by atoms with E-state index in [0.717, 1.165) is 26.8 Å². The van der Waals surface area contributed by atoms with Crippen molar-refractivity contribution >= 4 is 39.2 Å². The molecule has 4 heteroatoms. The summed E-state index contributed by atoms with van der Waals surface area (Å²) in [4.78, 5) is 3.25. The number of nitrogens with zero attached hydrogens (tertiary/aromatic N) is 1. The smallest absolute Gasteiger partial charge is 0.178 e. The van der Waals surface area contributed by atoms with E-state index in [4.69, 9.17) is 12.2 Å². The van der Waals surface area contributed by atoms with Crippen LogP contribution in [-0.2, 0) is 6.54 Å². The Labute approximate surface area is 125 Å². The maximum absolute atomic E-state index is 5.41. The van der Waals surface area contributed by atoms with E-state index in [2.05, 4.69) is 68.8 Å². The molecular formula is C15H13BrN2S. The summed E-state index contributed by atoms with van der Waals surface area (Å²) in [7, 11) is 0. The van der Waals surface area contributed by atoms with Crippen LogP contribution in [0, 0.1) is 11.7 Å². The molecule has 0 unspecified atom stereocenters. The fourth-order valence-electron chi connectivity index (χ4n) is 2.17. The van der Waals surface area contributed by atoms with Crippen molar-refractivity contribution < 1.29 is 0 Å². The lowest BCUT2D eigenvalue weighted by atomic mass is 10.1. The number of aromatic nitrogens is 2. The van der Waals surface area contributed by atoms with Gasteiger partial charge in [0.25, 0.3) is 0 Å². The minimum absolute atomic E-state index is 0.758. The number of rotatable bonds is 2. The normalized spacial score (nSPS) is 11.1. The number of fused-ring (bicyclic) bond motifs is 1. The van der Waals surface area contributed by atoms with Crippen LogP contribution in [0.25, 0.3) is 11.0 Å². The maximum Gasteiger partial charge on any atom is 0.178 e. The lowest BCUT2D eigenvalue weighted by molar-refractivity contribution is 0.810. The van der Waals surface area contributed by atoms with Gasteiger partial charge >= 0.3 is 0 Å². The van der Waals surface area contributed by atoms with E-state index in [1.807, 2.05) is 6.07 Å². The molecule has 3 rings (SSSR count). The summed E-state index contributed by atoms with van der Waals surface area (Å²) in [5.74, 6) is 0. The molecule has 2 aromatic carbocycles. The van der Waals surface area contributed by atoms with Crippen LogP contribution >= 0.6 is 28.1 Å². The number of aromatic amines is 1. The van der Waals surface area contributed by atoms with Gasteiger partial charge in [-0.25, -0.2) is 0 Å². The van der Waals surface area contributed by atoms with Crippen LogP contribution in [0.15, 0.2) is 46.9 Å². The van der Waals surface area contributed by atoms with Gasteiger partial charge in [-0.15, -0.1) is 0 Å². The van der Waals surface area contributed by atoms with Crippen LogP contribution in [0.5, 0.6) is 0 Å². The zero-order chi connectivity index (χ0) is 13.4. The summed E-state index contributed by atoms with van der Waals surface area (Å²) in [5.41, 5.74) is 4.72. The summed E-state index contributed by atoms with van der Waals surface area (Å²) in [6.45, 7) is 2.89. The van der Waals surface area contributed by atoms with Crippen LogP contribution in [0.2, 0.25) is 0 Å². The van der Waals surface area contributed by atoms with Crippen molar-refractivity contribution in [1.29, 1.82) is 0 Å². The fraction of sp³-hybridized carbons (Fsp3) is 0.133. The molecule has 0 amide bonds. The predicted molar refractivity (Wildman–Crippen MR) is 85.1 cm³/mol. The molecule has 0 saturated carbocycles. The molecule has 19 heavy (non-hydrogen) atoms. The Kier molecular flexibility index (Phi) is 3.29. The summed E-state index contributed by atoms with van der Waals surface area (Å²) < 4.78 is 3.94. The zero-order valence-electron chi connectivity index (χ0n) is 10.5. The Morgan fingerprint density at radius 3 is 2.63 bits per heavy atom. The molecule has 1 aromatic heterocycles. The first-order chi connectivity index (χ1) is 9.13. The monoisotopic (exact) mass is 332 g/mol. The first-order valence-corrected chi connectivity index (χ1v) is 7.27. The molecule has 96 valence electrons. The lowest BCUT2D eigenvalue weighted by Gasteiger charge is -2.05. The number of benzene rings is 2. The molecule has 0 bridgehead atoms. The van der Waals surface area contributed by atoms with Crippen molar-refractivity contribution in [1.82, 2.24) is 9.55 Å². The Hall–Kier alpha value is -1.39. The maximum atomic E-state index is 5.41. The summed E-state index contributed by atoms with van der Waals surface area (Å²) in [6, 6.07) is 14.7. The molecule has 3 aromatic rings. The standard InChI is InChI=1S/C15H13BrN2S/c1-10-2-4-11(5-3-10)9-18-14-7-6-12(16)8-13(14)17-15(18)19/h2-8H,9H2,1H3,(H,17,19). The number of imidazole rings is 1. The quantitative estimate of drug-likeness (QED) is 0.667. The predicted octanol–water partition coefficient (Wildman–Crippen LogP) is 4.82.